The number of benzene rings is 2. The monoisotopic (exact) mass is 357 g/mol. The van der Waals surface area contributed by atoms with Crippen molar-refractivity contribution in [3.63, 3.8) is 0 Å². The van der Waals surface area contributed by atoms with Crippen LogP contribution < -0.4 is 5.32 Å². The van der Waals surface area contributed by atoms with Gasteiger partial charge < -0.3 is 5.32 Å². The molecule has 0 heterocycles. The minimum atomic E-state index is -0.133. The molecule has 1 amide bonds. The highest BCUT2D eigenvalue weighted by molar-refractivity contribution is 9.10. The van der Waals surface area contributed by atoms with Crippen LogP contribution in [0, 0.1) is 0 Å². The third-order valence-electron chi connectivity index (χ3n) is 2.48. The van der Waals surface area contributed by atoms with Gasteiger partial charge >= 0.3 is 0 Å². The van der Waals surface area contributed by atoms with Crippen LogP contribution >= 0.6 is 39.1 Å². The molecule has 2 nitrogen and oxygen atoms in total. The second-order valence-corrected chi connectivity index (χ2v) is 5.73. The first kappa shape index (κ1) is 14.4. The van der Waals surface area contributed by atoms with Crippen LogP contribution in [-0.2, 0) is 11.2 Å². The second-order valence-electron chi connectivity index (χ2n) is 3.98. The van der Waals surface area contributed by atoms with Crippen LogP contribution in [0.1, 0.15) is 5.56 Å². The number of hydrogen-bond acceptors (Lipinski definition) is 1. The second kappa shape index (κ2) is 6.42. The molecule has 0 saturated heterocycles. The molecule has 1 N–H and O–H groups in total. The average Bonchev–Trinajstić information content (AvgIpc) is 2.37. The van der Waals surface area contributed by atoms with Crippen molar-refractivity contribution in [1.29, 1.82) is 0 Å². The van der Waals surface area contributed by atoms with E-state index < -0.39 is 0 Å². The summed E-state index contributed by atoms with van der Waals surface area (Å²) in [7, 11) is 0. The highest BCUT2D eigenvalue weighted by Gasteiger charge is 2.07. The molecule has 0 unspecified atom stereocenters. The Morgan fingerprint density at radius 1 is 1.11 bits per heavy atom. The van der Waals surface area contributed by atoms with Gasteiger partial charge in [-0.2, -0.15) is 0 Å². The molecule has 0 aliphatic rings. The first-order chi connectivity index (χ1) is 9.04. The van der Waals surface area contributed by atoms with Crippen LogP contribution in [0.4, 0.5) is 5.69 Å². The van der Waals surface area contributed by atoms with Gasteiger partial charge in [0.15, 0.2) is 0 Å². The maximum atomic E-state index is 11.9. The Bertz CT molecular complexity index is 599. The zero-order chi connectivity index (χ0) is 13.8. The summed E-state index contributed by atoms with van der Waals surface area (Å²) in [5, 5.41) is 3.74. The van der Waals surface area contributed by atoms with Crippen molar-refractivity contribution in [2.75, 3.05) is 5.32 Å². The van der Waals surface area contributed by atoms with E-state index in [2.05, 4.69) is 21.2 Å². The maximum absolute atomic E-state index is 11.9. The number of anilines is 1. The number of halogens is 3. The molecule has 98 valence electrons. The maximum Gasteiger partial charge on any atom is 0.228 e. The van der Waals surface area contributed by atoms with Gasteiger partial charge in [-0.1, -0.05) is 51.3 Å². The van der Waals surface area contributed by atoms with Crippen LogP contribution in [-0.4, -0.2) is 5.91 Å². The summed E-state index contributed by atoms with van der Waals surface area (Å²) >= 11 is 15.2. The smallest absolute Gasteiger partial charge is 0.228 e. The summed E-state index contributed by atoms with van der Waals surface area (Å²) in [6.07, 6.45) is 0.288. The van der Waals surface area contributed by atoms with Gasteiger partial charge in [-0.15, -0.1) is 0 Å². The number of carbonyl (C=O) groups excluding carboxylic acids is 1. The first-order valence-corrected chi connectivity index (χ1v) is 7.09. The molecule has 2 aromatic carbocycles. The molecule has 0 spiro atoms. The van der Waals surface area contributed by atoms with E-state index in [-0.39, 0.29) is 12.3 Å². The van der Waals surface area contributed by atoms with Gasteiger partial charge in [0, 0.05) is 9.50 Å². The van der Waals surface area contributed by atoms with E-state index >= 15 is 0 Å². The van der Waals surface area contributed by atoms with E-state index in [0.717, 1.165) is 10.0 Å². The summed E-state index contributed by atoms with van der Waals surface area (Å²) in [6, 6.07) is 12.5. The Hall–Kier alpha value is -1.03. The Kier molecular flexibility index (Phi) is 4.86. The summed E-state index contributed by atoms with van der Waals surface area (Å²) in [5.41, 5.74) is 1.45. The third kappa shape index (κ3) is 4.23. The topological polar surface area (TPSA) is 29.1 Å². The van der Waals surface area contributed by atoms with Crippen LogP contribution in [0.5, 0.6) is 0 Å². The standard InChI is InChI=1S/C14H10BrCl2NO/c15-10-3-1-9(2-4-10)7-14(19)18-13-8-11(16)5-6-12(13)17/h1-6,8H,7H2,(H,18,19). The molecule has 0 aliphatic carbocycles. The molecule has 5 heteroatoms. The number of amides is 1. The van der Waals surface area contributed by atoms with Gasteiger partial charge in [-0.05, 0) is 35.9 Å². The van der Waals surface area contributed by atoms with E-state index in [4.69, 9.17) is 23.2 Å². The lowest BCUT2D eigenvalue weighted by Crippen LogP contribution is -2.14. The lowest BCUT2D eigenvalue weighted by molar-refractivity contribution is -0.115. The highest BCUT2D eigenvalue weighted by Crippen LogP contribution is 2.25. The molecule has 0 atom stereocenters. The number of rotatable bonds is 3. The molecular weight excluding hydrogens is 349 g/mol. The van der Waals surface area contributed by atoms with Crippen LogP contribution in [0.2, 0.25) is 10.0 Å². The molecule has 0 saturated carbocycles. The highest BCUT2D eigenvalue weighted by atomic mass is 79.9. The van der Waals surface area contributed by atoms with Gasteiger partial charge in [0.25, 0.3) is 0 Å². The molecule has 2 rings (SSSR count). The van der Waals surface area contributed by atoms with Gasteiger partial charge in [0.1, 0.15) is 0 Å². The van der Waals surface area contributed by atoms with Gasteiger partial charge in [0.05, 0.1) is 17.1 Å². The summed E-state index contributed by atoms with van der Waals surface area (Å²) in [6.45, 7) is 0. The van der Waals surface area contributed by atoms with Crippen molar-refractivity contribution in [2.24, 2.45) is 0 Å². The lowest BCUT2D eigenvalue weighted by Gasteiger charge is -2.07. The van der Waals surface area contributed by atoms with Gasteiger partial charge in [-0.3, -0.25) is 4.79 Å². The SMILES string of the molecule is O=C(Cc1ccc(Br)cc1)Nc1cc(Cl)ccc1Cl. The van der Waals surface area contributed by atoms with E-state index in [1.165, 1.54) is 0 Å². The Morgan fingerprint density at radius 2 is 1.79 bits per heavy atom. The third-order valence-corrected chi connectivity index (χ3v) is 3.57. The van der Waals surface area contributed by atoms with Crippen molar-refractivity contribution < 1.29 is 4.79 Å². The van der Waals surface area contributed by atoms with Crippen molar-refractivity contribution in [1.82, 2.24) is 0 Å². The van der Waals surface area contributed by atoms with E-state index in [1.807, 2.05) is 24.3 Å². The molecule has 2 aromatic rings. The fourth-order valence-corrected chi connectivity index (χ4v) is 2.18. The number of nitrogens with one attached hydrogen (secondary N) is 1. The van der Waals surface area contributed by atoms with E-state index in [0.29, 0.717) is 15.7 Å². The van der Waals surface area contributed by atoms with Gasteiger partial charge in [0.2, 0.25) is 5.91 Å². The van der Waals surface area contributed by atoms with E-state index in [9.17, 15) is 4.79 Å². The molecular formula is C14H10BrCl2NO. The molecule has 0 radical (unpaired) electrons. The van der Waals surface area contributed by atoms with Crippen LogP contribution in [0.25, 0.3) is 0 Å². The number of hydrogen-bond donors (Lipinski definition) is 1. The predicted molar refractivity (Wildman–Crippen MR) is 82.9 cm³/mol. The normalized spacial score (nSPS) is 10.3. The number of carbonyl (C=O) groups is 1. The Morgan fingerprint density at radius 3 is 2.47 bits per heavy atom. The zero-order valence-corrected chi connectivity index (χ0v) is 12.9. The van der Waals surface area contributed by atoms with Crippen molar-refractivity contribution in [3.8, 4) is 0 Å². The van der Waals surface area contributed by atoms with Crippen LogP contribution in [0.3, 0.4) is 0 Å². The zero-order valence-electron chi connectivity index (χ0n) is 9.79. The Labute approximate surface area is 129 Å². The van der Waals surface area contributed by atoms with Gasteiger partial charge in [-0.25, -0.2) is 0 Å². The fraction of sp³-hybridized carbons (Fsp3) is 0.0714. The van der Waals surface area contributed by atoms with Crippen LogP contribution in [0.15, 0.2) is 46.9 Å². The molecule has 0 fully saturated rings. The molecule has 19 heavy (non-hydrogen) atoms. The minimum absolute atomic E-state index is 0.133. The first-order valence-electron chi connectivity index (χ1n) is 5.54. The van der Waals surface area contributed by atoms with Crippen molar-refractivity contribution >= 4 is 50.7 Å². The average molecular weight is 359 g/mol. The summed E-state index contributed by atoms with van der Waals surface area (Å²) < 4.78 is 0.981. The largest absolute Gasteiger partial charge is 0.324 e. The van der Waals surface area contributed by atoms with Crippen molar-refractivity contribution in [2.45, 2.75) is 6.42 Å². The van der Waals surface area contributed by atoms with E-state index in [1.54, 1.807) is 18.2 Å². The summed E-state index contributed by atoms with van der Waals surface area (Å²) in [4.78, 5) is 11.9. The van der Waals surface area contributed by atoms with Crippen molar-refractivity contribution in [3.05, 3.63) is 62.5 Å². The summed E-state index contributed by atoms with van der Waals surface area (Å²) in [5.74, 6) is -0.133. The molecule has 0 aromatic heterocycles. The Balaban J connectivity index is 2.05. The predicted octanol–water partition coefficient (Wildman–Crippen LogP) is 4.94. The fourth-order valence-electron chi connectivity index (χ4n) is 1.58. The lowest BCUT2D eigenvalue weighted by atomic mass is 10.1. The molecule has 0 aliphatic heterocycles. The quantitative estimate of drug-likeness (QED) is 0.827. The molecule has 0 bridgehead atoms. The minimum Gasteiger partial charge on any atom is -0.324 e.